The van der Waals surface area contributed by atoms with E-state index in [1.54, 1.807) is 24.3 Å². The summed E-state index contributed by atoms with van der Waals surface area (Å²) < 4.78 is 5.31. The maximum absolute atomic E-state index is 10.9. The number of carbonyl (C=O) groups is 1. The zero-order valence-corrected chi connectivity index (χ0v) is 9.90. The molecule has 0 saturated heterocycles. The minimum Gasteiger partial charge on any atom is -0.478 e. The zero-order valence-electron chi connectivity index (χ0n) is 9.90. The fourth-order valence-electron chi connectivity index (χ4n) is 1.33. The lowest BCUT2D eigenvalue weighted by Crippen LogP contribution is -2.12. The summed E-state index contributed by atoms with van der Waals surface area (Å²) in [6.45, 7) is 7.23. The minimum atomic E-state index is -0.934. The Bertz CT molecular complexity index is 401. The molecule has 1 aromatic rings. The molecule has 17 heavy (non-hydrogen) atoms. The summed E-state index contributed by atoms with van der Waals surface area (Å²) in [5.41, 5.74) is 1.85. The summed E-state index contributed by atoms with van der Waals surface area (Å²) in [7, 11) is 0. The van der Waals surface area contributed by atoms with Crippen molar-refractivity contribution in [2.75, 3.05) is 25.1 Å². The van der Waals surface area contributed by atoms with Gasteiger partial charge in [0.15, 0.2) is 0 Å². The summed E-state index contributed by atoms with van der Waals surface area (Å²) in [6, 6.07) is 6.80. The molecule has 4 nitrogen and oxygen atoms in total. The molecular weight excluding hydrogens is 218 g/mol. The highest BCUT2D eigenvalue weighted by Gasteiger charge is 2.07. The maximum atomic E-state index is 10.9. The summed E-state index contributed by atoms with van der Waals surface area (Å²) in [4.78, 5) is 10.9. The van der Waals surface area contributed by atoms with Gasteiger partial charge in [-0.2, -0.15) is 0 Å². The molecule has 0 fully saturated rings. The number of hydrogen-bond acceptors (Lipinski definition) is 3. The van der Waals surface area contributed by atoms with Gasteiger partial charge in [0.05, 0.1) is 18.8 Å². The minimum absolute atomic E-state index is 0.271. The van der Waals surface area contributed by atoms with Crippen LogP contribution in [-0.2, 0) is 4.74 Å². The van der Waals surface area contributed by atoms with Gasteiger partial charge in [-0.1, -0.05) is 24.3 Å². The second kappa shape index (κ2) is 6.70. The number of nitrogens with one attached hydrogen (secondary N) is 1. The first-order valence-corrected chi connectivity index (χ1v) is 5.39. The second-order valence-corrected chi connectivity index (χ2v) is 3.79. The van der Waals surface area contributed by atoms with Gasteiger partial charge in [-0.15, -0.1) is 0 Å². The van der Waals surface area contributed by atoms with E-state index in [2.05, 4.69) is 11.9 Å². The van der Waals surface area contributed by atoms with Crippen molar-refractivity contribution in [1.29, 1.82) is 0 Å². The van der Waals surface area contributed by atoms with E-state index >= 15 is 0 Å². The number of aromatic carboxylic acids is 1. The number of benzene rings is 1. The number of rotatable bonds is 7. The molecule has 2 N–H and O–H groups in total. The standard InChI is InChI=1S/C13H17NO3/c1-10(2)9-17-8-7-14-12-6-4-3-5-11(12)13(15)16/h3-6,14H,1,7-9H2,2H3,(H,15,16). The molecule has 0 radical (unpaired) electrons. The SMILES string of the molecule is C=C(C)COCCNc1ccccc1C(=O)O. The van der Waals surface area contributed by atoms with Gasteiger partial charge in [0.2, 0.25) is 0 Å². The van der Waals surface area contributed by atoms with Crippen LogP contribution in [0.2, 0.25) is 0 Å². The molecule has 0 aliphatic carbocycles. The summed E-state index contributed by atoms with van der Waals surface area (Å²) in [6.07, 6.45) is 0. The number of hydrogen-bond donors (Lipinski definition) is 2. The lowest BCUT2D eigenvalue weighted by atomic mass is 10.2. The first-order valence-electron chi connectivity index (χ1n) is 5.39. The average molecular weight is 235 g/mol. The van der Waals surface area contributed by atoms with E-state index in [0.29, 0.717) is 25.4 Å². The molecule has 0 spiro atoms. The Hall–Kier alpha value is -1.81. The normalized spacial score (nSPS) is 9.94. The highest BCUT2D eigenvalue weighted by Crippen LogP contribution is 2.14. The molecule has 1 rings (SSSR count). The molecule has 4 heteroatoms. The summed E-state index contributed by atoms with van der Waals surface area (Å²) >= 11 is 0. The van der Waals surface area contributed by atoms with Gasteiger partial charge in [-0.3, -0.25) is 0 Å². The molecule has 1 aromatic carbocycles. The van der Waals surface area contributed by atoms with Crippen LogP contribution in [0.5, 0.6) is 0 Å². The zero-order chi connectivity index (χ0) is 12.7. The Morgan fingerprint density at radius 3 is 2.82 bits per heavy atom. The monoisotopic (exact) mass is 235 g/mol. The van der Waals surface area contributed by atoms with E-state index < -0.39 is 5.97 Å². The number of carboxylic acid groups (broad SMARTS) is 1. The fourth-order valence-corrected chi connectivity index (χ4v) is 1.33. The molecule has 0 aliphatic heterocycles. The lowest BCUT2D eigenvalue weighted by Gasteiger charge is -2.09. The van der Waals surface area contributed by atoms with Crippen LogP contribution >= 0.6 is 0 Å². The Balaban J connectivity index is 2.41. The number of ether oxygens (including phenoxy) is 1. The van der Waals surface area contributed by atoms with Crippen LogP contribution in [0, 0.1) is 0 Å². The van der Waals surface area contributed by atoms with Crippen molar-refractivity contribution in [2.45, 2.75) is 6.92 Å². The number of anilines is 1. The van der Waals surface area contributed by atoms with Gasteiger partial charge in [0.1, 0.15) is 0 Å². The van der Waals surface area contributed by atoms with E-state index in [4.69, 9.17) is 9.84 Å². The third-order valence-corrected chi connectivity index (χ3v) is 2.07. The second-order valence-electron chi connectivity index (χ2n) is 3.79. The molecule has 0 saturated carbocycles. The molecule has 0 aromatic heterocycles. The number of para-hydroxylation sites is 1. The van der Waals surface area contributed by atoms with Crippen LogP contribution < -0.4 is 5.32 Å². The van der Waals surface area contributed by atoms with Crippen molar-refractivity contribution in [3.8, 4) is 0 Å². The summed E-state index contributed by atoms with van der Waals surface area (Å²) in [5, 5.41) is 12.0. The van der Waals surface area contributed by atoms with Crippen molar-refractivity contribution in [3.63, 3.8) is 0 Å². The predicted molar refractivity (Wildman–Crippen MR) is 67.5 cm³/mol. The molecule has 0 aliphatic rings. The molecule has 0 unspecified atom stereocenters. The average Bonchev–Trinajstić information content (AvgIpc) is 2.28. The van der Waals surface area contributed by atoms with E-state index in [9.17, 15) is 4.79 Å². The molecule has 0 heterocycles. The van der Waals surface area contributed by atoms with Crippen molar-refractivity contribution >= 4 is 11.7 Å². The van der Waals surface area contributed by atoms with Crippen molar-refractivity contribution in [3.05, 3.63) is 42.0 Å². The molecular formula is C13H17NO3. The Morgan fingerprint density at radius 2 is 2.18 bits per heavy atom. The van der Waals surface area contributed by atoms with Gasteiger partial charge in [-0.25, -0.2) is 4.79 Å². The maximum Gasteiger partial charge on any atom is 0.337 e. The van der Waals surface area contributed by atoms with Crippen LogP contribution in [0.1, 0.15) is 17.3 Å². The quantitative estimate of drug-likeness (QED) is 0.562. The lowest BCUT2D eigenvalue weighted by molar-refractivity contribution is 0.0698. The van der Waals surface area contributed by atoms with E-state index in [0.717, 1.165) is 5.57 Å². The van der Waals surface area contributed by atoms with Crippen molar-refractivity contribution in [1.82, 2.24) is 0 Å². The number of carboxylic acids is 1. The fraction of sp³-hybridized carbons (Fsp3) is 0.308. The smallest absolute Gasteiger partial charge is 0.337 e. The third kappa shape index (κ3) is 4.70. The van der Waals surface area contributed by atoms with Gasteiger partial charge < -0.3 is 15.2 Å². The van der Waals surface area contributed by atoms with Crippen LogP contribution in [0.3, 0.4) is 0 Å². The first kappa shape index (κ1) is 13.3. The molecule has 0 amide bonds. The predicted octanol–water partition coefficient (Wildman–Crippen LogP) is 2.39. The highest BCUT2D eigenvalue weighted by atomic mass is 16.5. The summed E-state index contributed by atoms with van der Waals surface area (Å²) in [5.74, 6) is -0.934. The molecule has 92 valence electrons. The van der Waals surface area contributed by atoms with Crippen LogP contribution in [0.15, 0.2) is 36.4 Å². The Labute approximate surface area is 101 Å². The molecule has 0 atom stereocenters. The van der Waals surface area contributed by atoms with Crippen LogP contribution in [0.25, 0.3) is 0 Å². The van der Waals surface area contributed by atoms with Gasteiger partial charge in [0, 0.05) is 12.2 Å². The van der Waals surface area contributed by atoms with Gasteiger partial charge in [0.25, 0.3) is 0 Å². The van der Waals surface area contributed by atoms with Gasteiger partial charge in [-0.05, 0) is 19.1 Å². The van der Waals surface area contributed by atoms with E-state index in [1.807, 2.05) is 6.92 Å². The van der Waals surface area contributed by atoms with Crippen molar-refractivity contribution < 1.29 is 14.6 Å². The van der Waals surface area contributed by atoms with Crippen LogP contribution in [0.4, 0.5) is 5.69 Å². The Morgan fingerprint density at radius 1 is 1.47 bits per heavy atom. The first-order chi connectivity index (χ1) is 8.11. The van der Waals surface area contributed by atoms with Crippen molar-refractivity contribution in [2.24, 2.45) is 0 Å². The van der Waals surface area contributed by atoms with Crippen LogP contribution in [-0.4, -0.2) is 30.8 Å². The topological polar surface area (TPSA) is 58.6 Å². The Kier molecular flexibility index (Phi) is 5.23. The van der Waals surface area contributed by atoms with E-state index in [-0.39, 0.29) is 5.56 Å². The molecule has 0 bridgehead atoms. The largest absolute Gasteiger partial charge is 0.478 e. The highest BCUT2D eigenvalue weighted by molar-refractivity contribution is 5.94. The third-order valence-electron chi connectivity index (χ3n) is 2.07. The van der Waals surface area contributed by atoms with Gasteiger partial charge >= 0.3 is 5.97 Å². The van der Waals surface area contributed by atoms with E-state index in [1.165, 1.54) is 0 Å².